The number of aromatic nitrogens is 3. The van der Waals surface area contributed by atoms with Gasteiger partial charge in [-0.05, 0) is 61.4 Å². The van der Waals surface area contributed by atoms with E-state index < -0.39 is 0 Å². The average molecular weight is 386 g/mol. The van der Waals surface area contributed by atoms with Crippen LogP contribution in [0.25, 0.3) is 16.9 Å². The van der Waals surface area contributed by atoms with E-state index in [4.69, 9.17) is 21.4 Å². The van der Waals surface area contributed by atoms with Crippen molar-refractivity contribution in [2.75, 3.05) is 7.11 Å². The van der Waals surface area contributed by atoms with Crippen LogP contribution in [0.3, 0.4) is 0 Å². The normalized spacial score (nSPS) is 14.3. The van der Waals surface area contributed by atoms with Gasteiger partial charge in [-0.15, -0.1) is 5.10 Å². The van der Waals surface area contributed by atoms with E-state index >= 15 is 0 Å². The van der Waals surface area contributed by atoms with Crippen molar-refractivity contribution >= 4 is 17.1 Å². The number of rotatable bonds is 5. The Balaban J connectivity index is 2.05. The molecule has 6 heteroatoms. The molecule has 0 unspecified atom stereocenters. The zero-order valence-corrected chi connectivity index (χ0v) is 16.9. The van der Waals surface area contributed by atoms with Crippen LogP contribution in [0.2, 0.25) is 5.02 Å². The molecule has 2 aromatic heterocycles. The van der Waals surface area contributed by atoms with Gasteiger partial charge in [-0.25, -0.2) is 4.52 Å². The van der Waals surface area contributed by atoms with Crippen molar-refractivity contribution in [2.45, 2.75) is 46.1 Å². The first-order valence-corrected chi connectivity index (χ1v) is 9.75. The van der Waals surface area contributed by atoms with Crippen LogP contribution >= 0.6 is 11.6 Å². The second kappa shape index (κ2) is 6.71. The van der Waals surface area contributed by atoms with Crippen molar-refractivity contribution in [1.29, 1.82) is 0 Å². The molecule has 1 fully saturated rings. The maximum Gasteiger partial charge on any atom is 0.278 e. The summed E-state index contributed by atoms with van der Waals surface area (Å²) in [5.41, 5.74) is 3.48. The molecule has 1 aromatic carbocycles. The van der Waals surface area contributed by atoms with Crippen LogP contribution < -0.4 is 10.3 Å². The van der Waals surface area contributed by atoms with Gasteiger partial charge < -0.3 is 4.74 Å². The van der Waals surface area contributed by atoms with Crippen LogP contribution in [-0.4, -0.2) is 21.3 Å². The van der Waals surface area contributed by atoms with E-state index in [1.165, 1.54) is 0 Å². The van der Waals surface area contributed by atoms with Crippen molar-refractivity contribution in [3.05, 3.63) is 50.9 Å². The highest BCUT2D eigenvalue weighted by Gasteiger charge is 2.27. The van der Waals surface area contributed by atoms with Gasteiger partial charge in [0.2, 0.25) is 0 Å². The summed E-state index contributed by atoms with van der Waals surface area (Å²) in [5.74, 6) is 2.05. The fourth-order valence-corrected chi connectivity index (χ4v) is 3.75. The second-order valence-corrected chi connectivity index (χ2v) is 8.12. The van der Waals surface area contributed by atoms with Gasteiger partial charge in [0.1, 0.15) is 11.3 Å². The first-order chi connectivity index (χ1) is 12.9. The van der Waals surface area contributed by atoms with Crippen LogP contribution in [0.4, 0.5) is 0 Å². The van der Waals surface area contributed by atoms with Crippen molar-refractivity contribution in [3.63, 3.8) is 0 Å². The molecule has 0 spiro atoms. The average Bonchev–Trinajstić information content (AvgIpc) is 3.39. The maximum atomic E-state index is 13.5. The third-order valence-electron chi connectivity index (χ3n) is 5.25. The summed E-state index contributed by atoms with van der Waals surface area (Å²) in [6.45, 7) is 6.88. The lowest BCUT2D eigenvalue weighted by Crippen LogP contribution is -2.27. The number of benzene rings is 1. The van der Waals surface area contributed by atoms with Gasteiger partial charge in [0.05, 0.1) is 12.7 Å². The highest BCUT2D eigenvalue weighted by molar-refractivity contribution is 6.30. The Hall–Kier alpha value is -2.27. The number of hydrogen-bond acceptors (Lipinski definition) is 3. The molecular formula is C21H24ClN3O2. The molecule has 0 N–H and O–H groups in total. The van der Waals surface area contributed by atoms with E-state index in [1.54, 1.807) is 23.8 Å². The van der Waals surface area contributed by atoms with Gasteiger partial charge in [-0.2, -0.15) is 0 Å². The Morgan fingerprint density at radius 2 is 2.04 bits per heavy atom. The third-order valence-corrected chi connectivity index (χ3v) is 5.48. The Kier molecular flexibility index (Phi) is 4.50. The highest BCUT2D eigenvalue weighted by atomic mass is 35.5. The van der Waals surface area contributed by atoms with Crippen molar-refractivity contribution in [2.24, 2.45) is 5.92 Å². The van der Waals surface area contributed by atoms with Crippen LogP contribution in [0, 0.1) is 12.8 Å². The van der Waals surface area contributed by atoms with E-state index in [-0.39, 0.29) is 11.5 Å². The molecule has 3 aromatic rings. The SMILES string of the molecule is COc1cc(Cl)ccc1-c1nn2c(C)cc(C(C)C)c2c(=O)n1CC1CC1. The fourth-order valence-electron chi connectivity index (χ4n) is 3.59. The summed E-state index contributed by atoms with van der Waals surface area (Å²) in [7, 11) is 1.61. The summed E-state index contributed by atoms with van der Waals surface area (Å²) in [6.07, 6.45) is 2.32. The van der Waals surface area contributed by atoms with Crippen molar-refractivity contribution in [1.82, 2.24) is 14.2 Å². The maximum absolute atomic E-state index is 13.5. The first kappa shape index (κ1) is 18.1. The molecule has 0 saturated heterocycles. The minimum atomic E-state index is 0.0145. The predicted octanol–water partition coefficient (Wildman–Crippen LogP) is 4.67. The number of halogens is 1. The molecule has 27 heavy (non-hydrogen) atoms. The smallest absolute Gasteiger partial charge is 0.278 e. The molecule has 2 heterocycles. The van der Waals surface area contributed by atoms with E-state index in [1.807, 2.05) is 17.6 Å². The molecule has 0 radical (unpaired) electrons. The zero-order valence-electron chi connectivity index (χ0n) is 16.1. The van der Waals surface area contributed by atoms with Crippen LogP contribution in [0.1, 0.15) is 43.9 Å². The molecule has 5 nitrogen and oxygen atoms in total. The monoisotopic (exact) mass is 385 g/mol. The molecule has 0 amide bonds. The lowest BCUT2D eigenvalue weighted by Gasteiger charge is -2.16. The summed E-state index contributed by atoms with van der Waals surface area (Å²) in [6, 6.07) is 7.51. The Morgan fingerprint density at radius 1 is 1.30 bits per heavy atom. The molecule has 1 aliphatic rings. The van der Waals surface area contributed by atoms with Gasteiger partial charge in [0.15, 0.2) is 5.82 Å². The number of hydrogen-bond donors (Lipinski definition) is 0. The number of ether oxygens (including phenoxy) is 1. The van der Waals surface area contributed by atoms with Crippen LogP contribution in [-0.2, 0) is 6.54 Å². The summed E-state index contributed by atoms with van der Waals surface area (Å²) in [4.78, 5) is 13.5. The molecule has 1 aliphatic carbocycles. The van der Waals surface area contributed by atoms with Gasteiger partial charge in [-0.3, -0.25) is 9.36 Å². The van der Waals surface area contributed by atoms with Gasteiger partial charge >= 0.3 is 0 Å². The van der Waals surface area contributed by atoms with Gasteiger partial charge in [0.25, 0.3) is 5.56 Å². The standard InChI is InChI=1S/C21H24ClN3O2/c1-12(2)17-9-13(3)25-19(17)21(26)24(11-14-5-6-14)20(23-25)16-8-7-15(22)10-18(16)27-4/h7-10,12,14H,5-6,11H2,1-4H3. The van der Waals surface area contributed by atoms with E-state index in [0.717, 1.165) is 29.7 Å². The lowest BCUT2D eigenvalue weighted by molar-refractivity contribution is 0.415. The third kappa shape index (κ3) is 3.14. The number of aryl methyl sites for hydroxylation is 1. The minimum absolute atomic E-state index is 0.0145. The first-order valence-electron chi connectivity index (χ1n) is 9.37. The number of fused-ring (bicyclic) bond motifs is 1. The molecule has 0 bridgehead atoms. The molecule has 142 valence electrons. The fraction of sp³-hybridized carbons (Fsp3) is 0.429. The molecule has 0 aliphatic heterocycles. The van der Waals surface area contributed by atoms with E-state index in [9.17, 15) is 4.79 Å². The quantitative estimate of drug-likeness (QED) is 0.641. The molecule has 4 rings (SSSR count). The topological polar surface area (TPSA) is 48.5 Å². The zero-order chi connectivity index (χ0) is 19.3. The van der Waals surface area contributed by atoms with Crippen molar-refractivity contribution < 1.29 is 4.74 Å². The molecular weight excluding hydrogens is 362 g/mol. The largest absolute Gasteiger partial charge is 0.496 e. The van der Waals surface area contributed by atoms with Gasteiger partial charge in [-0.1, -0.05) is 25.4 Å². The lowest BCUT2D eigenvalue weighted by atomic mass is 10.1. The molecule has 1 saturated carbocycles. The van der Waals surface area contributed by atoms with Crippen LogP contribution in [0.5, 0.6) is 5.75 Å². The number of nitrogens with zero attached hydrogens (tertiary/aromatic N) is 3. The highest BCUT2D eigenvalue weighted by Crippen LogP contribution is 2.35. The van der Waals surface area contributed by atoms with E-state index in [0.29, 0.717) is 34.6 Å². The van der Waals surface area contributed by atoms with Crippen molar-refractivity contribution in [3.8, 4) is 17.1 Å². The van der Waals surface area contributed by atoms with Gasteiger partial charge in [0, 0.05) is 17.3 Å². The summed E-state index contributed by atoms with van der Waals surface area (Å²) in [5, 5.41) is 5.47. The molecule has 0 atom stereocenters. The van der Waals surface area contributed by atoms with Crippen LogP contribution in [0.15, 0.2) is 29.1 Å². The minimum Gasteiger partial charge on any atom is -0.496 e. The summed E-state index contributed by atoms with van der Waals surface area (Å²) < 4.78 is 9.14. The second-order valence-electron chi connectivity index (χ2n) is 7.68. The Bertz CT molecular complexity index is 1080. The Labute approximate surface area is 163 Å². The Morgan fingerprint density at radius 3 is 2.67 bits per heavy atom. The summed E-state index contributed by atoms with van der Waals surface area (Å²) >= 11 is 6.13. The van der Waals surface area contributed by atoms with E-state index in [2.05, 4.69) is 19.9 Å². The predicted molar refractivity (Wildman–Crippen MR) is 108 cm³/mol. The number of methoxy groups -OCH3 is 1.